The third-order valence-corrected chi connectivity index (χ3v) is 14.1. The van der Waals surface area contributed by atoms with E-state index in [1.54, 1.807) is 13.0 Å². The highest BCUT2D eigenvalue weighted by molar-refractivity contribution is 7.90. The molecular formula is C33H52N2O3S. The van der Waals surface area contributed by atoms with Gasteiger partial charge >= 0.3 is 0 Å². The first-order chi connectivity index (χ1) is 18.4. The largest absolute Gasteiger partial charge is 0.274 e. The number of carbonyl (C=O) groups is 1. The minimum Gasteiger partial charge on any atom is -0.274 e. The molecule has 0 spiro atoms. The van der Waals surface area contributed by atoms with Gasteiger partial charge in [-0.1, -0.05) is 47.0 Å². The van der Waals surface area contributed by atoms with Gasteiger partial charge in [-0.25, -0.2) is 13.1 Å². The fourth-order valence-electron chi connectivity index (χ4n) is 10.8. The molecule has 4 saturated carbocycles. The van der Waals surface area contributed by atoms with E-state index in [1.165, 1.54) is 70.3 Å². The maximum Gasteiger partial charge on any atom is 0.265 e. The molecule has 9 atom stereocenters. The number of hydrogen-bond acceptors (Lipinski definition) is 4. The SMILES string of the molecule is CC[C@H]1CC2C3CC[C@H]([C@H](C)CCC(=O)NS(=O)(=O)c4ccc(C)nc4C)[C@@]3(C)CCC2[C@@]2(C)CCCC[C@@H]12. The lowest BCUT2D eigenvalue weighted by Crippen LogP contribution is -2.55. The van der Waals surface area contributed by atoms with Crippen molar-refractivity contribution in [2.75, 3.05) is 0 Å². The van der Waals surface area contributed by atoms with Crippen LogP contribution in [0.5, 0.6) is 0 Å². The number of aryl methyl sites for hydroxylation is 2. The molecule has 1 aromatic heterocycles. The van der Waals surface area contributed by atoms with Crippen molar-refractivity contribution in [3.05, 3.63) is 23.5 Å². The van der Waals surface area contributed by atoms with E-state index >= 15 is 0 Å². The van der Waals surface area contributed by atoms with E-state index in [9.17, 15) is 13.2 Å². The minimum atomic E-state index is -3.90. The van der Waals surface area contributed by atoms with Crippen LogP contribution in [-0.4, -0.2) is 19.3 Å². The summed E-state index contributed by atoms with van der Waals surface area (Å²) in [4.78, 5) is 17.1. The van der Waals surface area contributed by atoms with Crippen molar-refractivity contribution in [1.29, 1.82) is 0 Å². The molecule has 0 saturated heterocycles. The smallest absolute Gasteiger partial charge is 0.265 e. The number of aromatic nitrogens is 1. The molecule has 1 N–H and O–H groups in total. The molecule has 0 bridgehead atoms. The molecule has 0 aliphatic heterocycles. The van der Waals surface area contributed by atoms with Gasteiger partial charge in [0.15, 0.2) is 0 Å². The fraction of sp³-hybridized carbons (Fsp3) is 0.818. The Hall–Kier alpha value is -1.43. The van der Waals surface area contributed by atoms with Crippen LogP contribution in [0.25, 0.3) is 0 Å². The predicted molar refractivity (Wildman–Crippen MR) is 156 cm³/mol. The van der Waals surface area contributed by atoms with Crippen molar-refractivity contribution >= 4 is 15.9 Å². The van der Waals surface area contributed by atoms with Gasteiger partial charge in [-0.3, -0.25) is 9.78 Å². The van der Waals surface area contributed by atoms with E-state index in [4.69, 9.17) is 0 Å². The summed E-state index contributed by atoms with van der Waals surface area (Å²) in [7, 11) is -3.90. The molecule has 4 aliphatic carbocycles. The summed E-state index contributed by atoms with van der Waals surface area (Å²) < 4.78 is 28.0. The lowest BCUT2D eigenvalue weighted by molar-refractivity contribution is -0.138. The lowest BCUT2D eigenvalue weighted by atomic mass is 9.42. The average Bonchev–Trinajstić information content (AvgIpc) is 3.23. The Labute approximate surface area is 237 Å². The van der Waals surface area contributed by atoms with Crippen molar-refractivity contribution in [3.8, 4) is 0 Å². The number of hydrogen-bond donors (Lipinski definition) is 1. The molecule has 1 aromatic rings. The number of sulfonamides is 1. The third kappa shape index (κ3) is 5.10. The Balaban J connectivity index is 1.24. The topological polar surface area (TPSA) is 76.1 Å². The van der Waals surface area contributed by atoms with E-state index in [2.05, 4.69) is 37.4 Å². The van der Waals surface area contributed by atoms with E-state index in [1.807, 2.05) is 6.92 Å². The Morgan fingerprint density at radius 3 is 2.49 bits per heavy atom. The van der Waals surface area contributed by atoms with Crippen molar-refractivity contribution in [2.45, 2.75) is 123 Å². The maximum atomic E-state index is 12.9. The highest BCUT2D eigenvalue weighted by atomic mass is 32.2. The van der Waals surface area contributed by atoms with Gasteiger partial charge < -0.3 is 0 Å². The normalized spacial score (nSPS) is 38.8. The molecule has 5 nitrogen and oxygen atoms in total. The summed E-state index contributed by atoms with van der Waals surface area (Å²) in [6.07, 6.45) is 14.8. The Morgan fingerprint density at radius 2 is 1.77 bits per heavy atom. The van der Waals surface area contributed by atoms with E-state index in [0.717, 1.165) is 41.7 Å². The fourth-order valence-corrected chi connectivity index (χ4v) is 12.0. The number of nitrogens with one attached hydrogen (secondary N) is 1. The first-order valence-electron chi connectivity index (χ1n) is 15.9. The first kappa shape index (κ1) is 29.1. The molecular weight excluding hydrogens is 504 g/mol. The van der Waals surface area contributed by atoms with Gasteiger partial charge in [-0.05, 0) is 130 Å². The molecule has 6 heteroatoms. The van der Waals surface area contributed by atoms with Gasteiger partial charge in [0.1, 0.15) is 4.90 Å². The van der Waals surface area contributed by atoms with Crippen LogP contribution in [0.1, 0.15) is 116 Å². The van der Waals surface area contributed by atoms with Crippen LogP contribution in [0.2, 0.25) is 0 Å². The van der Waals surface area contributed by atoms with E-state index in [0.29, 0.717) is 28.4 Å². The van der Waals surface area contributed by atoms with Gasteiger partial charge in [0.05, 0.1) is 5.69 Å². The Morgan fingerprint density at radius 1 is 1.03 bits per heavy atom. The Bertz CT molecular complexity index is 1180. The minimum absolute atomic E-state index is 0.0872. The molecule has 4 aliphatic rings. The van der Waals surface area contributed by atoms with Crippen LogP contribution in [0.15, 0.2) is 17.0 Å². The van der Waals surface area contributed by atoms with Crippen LogP contribution in [0.3, 0.4) is 0 Å². The molecule has 1 heterocycles. The van der Waals surface area contributed by atoms with Crippen molar-refractivity contribution < 1.29 is 13.2 Å². The third-order valence-electron chi connectivity index (χ3n) is 12.6. The predicted octanol–water partition coefficient (Wildman–Crippen LogP) is 7.60. The second-order valence-corrected chi connectivity index (χ2v) is 16.1. The summed E-state index contributed by atoms with van der Waals surface area (Å²) in [5, 5.41) is 0. The highest BCUT2D eigenvalue weighted by Crippen LogP contribution is 2.69. The number of rotatable bonds is 7. The van der Waals surface area contributed by atoms with Gasteiger partial charge in [0, 0.05) is 12.1 Å². The number of pyridine rings is 1. The van der Waals surface area contributed by atoms with E-state index in [-0.39, 0.29) is 11.3 Å². The molecule has 39 heavy (non-hydrogen) atoms. The quantitative estimate of drug-likeness (QED) is 0.375. The van der Waals surface area contributed by atoms with Crippen molar-refractivity contribution in [1.82, 2.24) is 9.71 Å². The summed E-state index contributed by atoms with van der Waals surface area (Å²) in [6.45, 7) is 13.5. The van der Waals surface area contributed by atoms with Crippen LogP contribution in [0, 0.1) is 66.1 Å². The maximum absolute atomic E-state index is 12.9. The number of carbonyl (C=O) groups excluding carboxylic acids is 1. The molecule has 4 fully saturated rings. The van der Waals surface area contributed by atoms with Gasteiger partial charge in [-0.15, -0.1) is 0 Å². The zero-order valence-corrected chi connectivity index (χ0v) is 26.1. The van der Waals surface area contributed by atoms with Crippen LogP contribution in [-0.2, 0) is 14.8 Å². The van der Waals surface area contributed by atoms with Crippen LogP contribution < -0.4 is 4.72 Å². The standard InChI is InChI=1S/C33H52N2O3S/c1-7-24-20-25-28-14-13-26(33(28,6)19-17-29(25)32(5)18-9-8-10-27(24)32)21(2)11-16-31(36)35-39(37,38)30-15-12-22(3)34-23(30)4/h12,15,21,24-29H,7-11,13-14,16-20H2,1-6H3,(H,35,36)/t21-,24+,25?,26-,27+,28?,29?,32+,33-/m1/s1. The zero-order valence-electron chi connectivity index (χ0n) is 25.3. The molecule has 0 aromatic carbocycles. The average molecular weight is 557 g/mol. The second-order valence-electron chi connectivity index (χ2n) is 14.4. The van der Waals surface area contributed by atoms with Gasteiger partial charge in [0.2, 0.25) is 5.91 Å². The lowest BCUT2D eigenvalue weighted by Gasteiger charge is -2.63. The van der Waals surface area contributed by atoms with Crippen LogP contribution in [0.4, 0.5) is 0 Å². The van der Waals surface area contributed by atoms with Gasteiger partial charge in [-0.2, -0.15) is 0 Å². The van der Waals surface area contributed by atoms with Crippen molar-refractivity contribution in [2.24, 2.45) is 52.3 Å². The van der Waals surface area contributed by atoms with E-state index < -0.39 is 15.9 Å². The number of fused-ring (bicyclic) bond motifs is 5. The highest BCUT2D eigenvalue weighted by Gasteiger charge is 2.61. The summed E-state index contributed by atoms with van der Waals surface area (Å²) in [5.41, 5.74) is 2.08. The summed E-state index contributed by atoms with van der Waals surface area (Å²) in [6, 6.07) is 3.21. The van der Waals surface area contributed by atoms with Crippen LogP contribution >= 0.6 is 0 Å². The monoisotopic (exact) mass is 556 g/mol. The molecule has 0 radical (unpaired) electrons. The first-order valence-corrected chi connectivity index (χ1v) is 17.4. The van der Waals surface area contributed by atoms with Gasteiger partial charge in [0.25, 0.3) is 10.0 Å². The zero-order chi connectivity index (χ0) is 28.2. The molecule has 1 amide bonds. The Kier molecular flexibility index (Phi) is 8.02. The number of amides is 1. The summed E-state index contributed by atoms with van der Waals surface area (Å²) >= 11 is 0. The number of nitrogens with zero attached hydrogens (tertiary/aromatic N) is 1. The molecule has 5 rings (SSSR count). The molecule has 3 unspecified atom stereocenters. The second kappa shape index (κ2) is 10.8. The molecule has 218 valence electrons. The van der Waals surface area contributed by atoms with Crippen molar-refractivity contribution in [3.63, 3.8) is 0 Å². The summed E-state index contributed by atoms with van der Waals surface area (Å²) in [5.74, 6) is 5.03.